The van der Waals surface area contributed by atoms with Gasteiger partial charge in [-0.3, -0.25) is 0 Å². The van der Waals surface area contributed by atoms with E-state index in [-0.39, 0.29) is 58.7 Å². The molecule has 0 saturated heterocycles. The van der Waals surface area contributed by atoms with Crippen LogP contribution in [-0.4, -0.2) is 64.7 Å². The zero-order valence-corrected chi connectivity index (χ0v) is 9.19. The summed E-state index contributed by atoms with van der Waals surface area (Å²) in [5.74, 6) is -1.08. The number of carbonyl (C=O) groups excluding carboxylic acids is 1. The van der Waals surface area contributed by atoms with Crippen molar-refractivity contribution in [3.8, 4) is 0 Å². The summed E-state index contributed by atoms with van der Waals surface area (Å²) < 4.78 is 0. The fraction of sp³-hybridized carbons (Fsp3) is 0.500. The fourth-order valence-electron chi connectivity index (χ4n) is 0. The van der Waals surface area contributed by atoms with E-state index in [4.69, 9.17) is 9.90 Å². The van der Waals surface area contributed by atoms with Crippen molar-refractivity contribution < 1.29 is 42.8 Å². The molecule has 0 bridgehead atoms. The maximum atomic E-state index is 8.89. The number of hydrogen-bond acceptors (Lipinski definition) is 2. The van der Waals surface area contributed by atoms with E-state index >= 15 is 0 Å². The van der Waals surface area contributed by atoms with Gasteiger partial charge in [0.2, 0.25) is 0 Å². The molecule has 0 aromatic rings. The quantitative estimate of drug-likeness (QED) is 0.421. The van der Waals surface area contributed by atoms with Crippen LogP contribution < -0.4 is 5.11 Å². The van der Waals surface area contributed by atoms with Crippen molar-refractivity contribution in [3.05, 3.63) is 0 Å². The van der Waals surface area contributed by atoms with Crippen molar-refractivity contribution in [1.82, 2.24) is 0 Å². The van der Waals surface area contributed by atoms with Crippen molar-refractivity contribution in [2.75, 3.05) is 0 Å². The van der Waals surface area contributed by atoms with Crippen molar-refractivity contribution in [1.29, 1.82) is 0 Å². The summed E-state index contributed by atoms with van der Waals surface area (Å²) in [5.41, 5.74) is 0. The summed E-state index contributed by atoms with van der Waals surface area (Å²) in [6.07, 6.45) is 0. The molecule has 0 atom stereocenters. The standard InChI is InChI=1S/C2H4O2.In.6H2O/c1-2(3)4;;;;;;;/h1H3,(H,3,4);;6*1H2/q;+3;;;;;;/p-1. The number of hydrogen-bond donors (Lipinski definition) is 0. The third-order valence-corrected chi connectivity index (χ3v) is 0. The number of aliphatic carboxylic acids is 1. The molecule has 0 fully saturated rings. The van der Waals surface area contributed by atoms with Crippen molar-refractivity contribution in [2.45, 2.75) is 6.92 Å². The van der Waals surface area contributed by atoms with E-state index < -0.39 is 5.97 Å². The number of carbonyl (C=O) groups is 1. The Morgan fingerprint density at radius 3 is 0.909 bits per heavy atom. The number of carboxylic acid groups (broad SMARTS) is 1. The Morgan fingerprint density at radius 1 is 0.909 bits per heavy atom. The number of carboxylic acids is 1. The molecular formula is C2H15InO8+2. The van der Waals surface area contributed by atoms with Gasteiger partial charge in [-0.15, -0.1) is 0 Å². The van der Waals surface area contributed by atoms with Gasteiger partial charge < -0.3 is 42.8 Å². The van der Waals surface area contributed by atoms with Crippen LogP contribution in [0.2, 0.25) is 0 Å². The molecule has 0 aromatic heterocycles. The fourth-order valence-corrected chi connectivity index (χ4v) is 0. The summed E-state index contributed by atoms with van der Waals surface area (Å²) in [7, 11) is 0. The molecule has 0 radical (unpaired) electrons. The van der Waals surface area contributed by atoms with Gasteiger partial charge >= 0.3 is 25.8 Å². The molecule has 0 aliphatic carbocycles. The monoisotopic (exact) mass is 282 g/mol. The van der Waals surface area contributed by atoms with Crippen LogP contribution in [0.5, 0.6) is 0 Å². The van der Waals surface area contributed by atoms with Crippen LogP contribution in [0.3, 0.4) is 0 Å². The Labute approximate surface area is 81.9 Å². The second-order valence-corrected chi connectivity index (χ2v) is 0.492. The van der Waals surface area contributed by atoms with Gasteiger partial charge in [0.1, 0.15) is 0 Å². The van der Waals surface area contributed by atoms with Gasteiger partial charge in [-0.2, -0.15) is 0 Å². The molecule has 0 amide bonds. The van der Waals surface area contributed by atoms with Gasteiger partial charge in [0.15, 0.2) is 0 Å². The topological polar surface area (TPSA) is 229 Å². The van der Waals surface area contributed by atoms with Gasteiger partial charge in [-0.1, -0.05) is 0 Å². The van der Waals surface area contributed by atoms with Crippen molar-refractivity contribution in [2.24, 2.45) is 0 Å². The molecular weight excluding hydrogens is 267 g/mol. The summed E-state index contributed by atoms with van der Waals surface area (Å²) >= 11 is 0. The van der Waals surface area contributed by atoms with E-state index in [0.717, 1.165) is 6.92 Å². The SMILES string of the molecule is CC(=O)[O-].O.O.O.O.O.O.[In+3]. The second kappa shape index (κ2) is 87.0. The Bertz CT molecular complexity index is 35.1. The van der Waals surface area contributed by atoms with Gasteiger partial charge in [0.05, 0.1) is 0 Å². The molecule has 11 heavy (non-hydrogen) atoms. The van der Waals surface area contributed by atoms with Gasteiger partial charge in [-0.05, 0) is 6.92 Å². The minimum absolute atomic E-state index is 0. The maximum Gasteiger partial charge on any atom is 3.00 e. The molecule has 0 unspecified atom stereocenters. The van der Waals surface area contributed by atoms with Gasteiger partial charge in [0, 0.05) is 5.97 Å². The Kier molecular flexibility index (Phi) is 932. The van der Waals surface area contributed by atoms with Crippen molar-refractivity contribution >= 4 is 31.8 Å². The van der Waals surface area contributed by atoms with Crippen LogP contribution in [-0.2, 0) is 4.79 Å². The number of rotatable bonds is 0. The van der Waals surface area contributed by atoms with Crippen molar-refractivity contribution in [3.63, 3.8) is 0 Å². The first-order chi connectivity index (χ1) is 1.73. The second-order valence-electron chi connectivity index (χ2n) is 0.492. The molecule has 0 rings (SSSR count). The maximum absolute atomic E-state index is 8.89. The predicted molar refractivity (Wildman–Crippen MR) is 38.1 cm³/mol. The average molecular weight is 282 g/mol. The minimum Gasteiger partial charge on any atom is -0.550 e. The summed E-state index contributed by atoms with van der Waals surface area (Å²) in [5, 5.41) is 8.89. The van der Waals surface area contributed by atoms with E-state index in [9.17, 15) is 0 Å². The van der Waals surface area contributed by atoms with E-state index in [1.807, 2.05) is 0 Å². The average Bonchev–Trinajstić information content (AvgIpc) is 0.811. The molecule has 0 heterocycles. The first-order valence-corrected chi connectivity index (χ1v) is 0.908. The molecule has 0 aromatic carbocycles. The first-order valence-electron chi connectivity index (χ1n) is 0.908. The largest absolute Gasteiger partial charge is 3.00 e. The third kappa shape index (κ3) is 66100. The zero-order valence-electron chi connectivity index (χ0n) is 5.89. The van der Waals surface area contributed by atoms with Crippen LogP contribution in [0.4, 0.5) is 0 Å². The first kappa shape index (κ1) is 118. The van der Waals surface area contributed by atoms with Crippen LogP contribution in [0.15, 0.2) is 0 Å². The van der Waals surface area contributed by atoms with Crippen LogP contribution >= 0.6 is 0 Å². The summed E-state index contributed by atoms with van der Waals surface area (Å²) in [6, 6.07) is 0. The summed E-state index contributed by atoms with van der Waals surface area (Å²) in [4.78, 5) is 8.89. The Morgan fingerprint density at radius 2 is 0.909 bits per heavy atom. The molecule has 9 heteroatoms. The van der Waals surface area contributed by atoms with E-state index in [1.54, 1.807) is 0 Å². The van der Waals surface area contributed by atoms with Gasteiger partial charge in [0.25, 0.3) is 0 Å². The van der Waals surface area contributed by atoms with E-state index in [0.29, 0.717) is 0 Å². The normalized spacial score (nSPS) is 2.27. The van der Waals surface area contributed by atoms with E-state index in [1.165, 1.54) is 0 Å². The zero-order chi connectivity index (χ0) is 3.58. The molecule has 0 aliphatic heterocycles. The molecule has 72 valence electrons. The molecule has 8 nitrogen and oxygen atoms in total. The molecule has 12 N–H and O–H groups in total. The molecule has 0 saturated carbocycles. The third-order valence-electron chi connectivity index (χ3n) is 0. The van der Waals surface area contributed by atoms with Crippen LogP contribution in [0.25, 0.3) is 0 Å². The Balaban J connectivity index is -0.00000000214. The molecule has 0 spiro atoms. The smallest absolute Gasteiger partial charge is 0.550 e. The van der Waals surface area contributed by atoms with E-state index in [2.05, 4.69) is 0 Å². The van der Waals surface area contributed by atoms with Crippen LogP contribution in [0, 0.1) is 0 Å². The predicted octanol–water partition coefficient (Wildman–Crippen LogP) is -6.57. The van der Waals surface area contributed by atoms with Gasteiger partial charge in [-0.25, -0.2) is 0 Å². The minimum atomic E-state index is -1.08. The molecule has 0 aliphatic rings. The van der Waals surface area contributed by atoms with Crippen LogP contribution in [0.1, 0.15) is 6.92 Å². The Hall–Kier alpha value is 0.100. The summed E-state index contributed by atoms with van der Waals surface area (Å²) in [6.45, 7) is 0.972.